The number of hydrogen-bond acceptors (Lipinski definition) is 5. The molecule has 0 atom stereocenters. The predicted molar refractivity (Wildman–Crippen MR) is 83.7 cm³/mol. The average Bonchev–Trinajstić information content (AvgIpc) is 3.05. The van der Waals surface area contributed by atoms with Gasteiger partial charge in [0.1, 0.15) is 12.0 Å². The second-order valence-corrected chi connectivity index (χ2v) is 4.51. The standard InChI is InChI=1S/C10H10N4O2.C5H10O/c11-5-8-1-3-9(4-2-8)13-6-10(12-7-13)14(15)16;1-3-5(6)4-2/h1-4,6-7H,5,11H2;3-4H2,1-2H3. The molecule has 2 aromatic rings. The van der Waals surface area contributed by atoms with Crippen LogP contribution in [0.2, 0.25) is 0 Å². The lowest BCUT2D eigenvalue weighted by molar-refractivity contribution is -0.389. The summed E-state index contributed by atoms with van der Waals surface area (Å²) < 4.78 is 1.60. The van der Waals surface area contributed by atoms with Gasteiger partial charge in [-0.25, -0.2) is 0 Å². The molecule has 0 fully saturated rings. The van der Waals surface area contributed by atoms with Crippen molar-refractivity contribution >= 4 is 11.6 Å². The van der Waals surface area contributed by atoms with Gasteiger partial charge in [0.15, 0.2) is 0 Å². The van der Waals surface area contributed by atoms with Crippen molar-refractivity contribution in [3.05, 3.63) is 52.5 Å². The molecule has 0 amide bonds. The average molecular weight is 304 g/mol. The fraction of sp³-hybridized carbons (Fsp3) is 0.333. The lowest BCUT2D eigenvalue weighted by Crippen LogP contribution is -1.96. The van der Waals surface area contributed by atoms with Crippen LogP contribution in [0.15, 0.2) is 36.8 Å². The molecule has 7 nitrogen and oxygen atoms in total. The third-order valence-electron chi connectivity index (χ3n) is 3.01. The second-order valence-electron chi connectivity index (χ2n) is 4.51. The van der Waals surface area contributed by atoms with Gasteiger partial charge in [-0.1, -0.05) is 26.0 Å². The zero-order chi connectivity index (χ0) is 16.5. The van der Waals surface area contributed by atoms with Crippen LogP contribution in [0.4, 0.5) is 5.82 Å². The first-order valence-electron chi connectivity index (χ1n) is 7.01. The van der Waals surface area contributed by atoms with Gasteiger partial charge in [-0.3, -0.25) is 9.36 Å². The Kier molecular flexibility index (Phi) is 6.91. The van der Waals surface area contributed by atoms with E-state index in [0.29, 0.717) is 25.2 Å². The summed E-state index contributed by atoms with van der Waals surface area (Å²) in [4.78, 5) is 23.8. The van der Waals surface area contributed by atoms with Crippen molar-refractivity contribution in [3.63, 3.8) is 0 Å². The van der Waals surface area contributed by atoms with Crippen molar-refractivity contribution in [3.8, 4) is 5.69 Å². The highest BCUT2D eigenvalue weighted by Gasteiger charge is 2.10. The first kappa shape index (κ1) is 17.5. The Balaban J connectivity index is 0.000000346. The second kappa shape index (κ2) is 8.68. The largest absolute Gasteiger partial charge is 0.381 e. The maximum Gasteiger partial charge on any atom is 0.381 e. The zero-order valence-electron chi connectivity index (χ0n) is 12.7. The number of nitro groups is 1. The molecule has 0 aliphatic carbocycles. The van der Waals surface area contributed by atoms with Gasteiger partial charge in [0, 0.05) is 25.1 Å². The molecule has 0 saturated carbocycles. The maximum atomic E-state index is 10.5. The number of aromatic nitrogens is 2. The van der Waals surface area contributed by atoms with Crippen molar-refractivity contribution < 1.29 is 9.72 Å². The minimum absolute atomic E-state index is 0.164. The van der Waals surface area contributed by atoms with Crippen molar-refractivity contribution in [2.45, 2.75) is 33.2 Å². The summed E-state index contributed by atoms with van der Waals surface area (Å²) >= 11 is 0. The first-order valence-corrected chi connectivity index (χ1v) is 7.01. The molecule has 0 spiro atoms. The Morgan fingerprint density at radius 2 is 1.86 bits per heavy atom. The highest BCUT2D eigenvalue weighted by atomic mass is 16.6. The number of rotatable bonds is 5. The molecule has 1 heterocycles. The number of hydrogen-bond donors (Lipinski definition) is 1. The Morgan fingerprint density at radius 3 is 2.23 bits per heavy atom. The molecule has 0 aliphatic heterocycles. The molecule has 118 valence electrons. The lowest BCUT2D eigenvalue weighted by Gasteiger charge is -2.01. The maximum absolute atomic E-state index is 10.5. The normalized spacial score (nSPS) is 9.77. The molecule has 1 aromatic carbocycles. The molecule has 2 N–H and O–H groups in total. The fourth-order valence-corrected chi connectivity index (χ4v) is 1.60. The van der Waals surface area contributed by atoms with Gasteiger partial charge in [0.05, 0.1) is 0 Å². The molecule has 0 unspecified atom stereocenters. The monoisotopic (exact) mass is 304 g/mol. The molecule has 1 aromatic heterocycles. The summed E-state index contributed by atoms with van der Waals surface area (Å²) in [6.45, 7) is 4.24. The van der Waals surface area contributed by atoms with Crippen LogP contribution >= 0.6 is 0 Å². The zero-order valence-corrected chi connectivity index (χ0v) is 12.7. The Morgan fingerprint density at radius 1 is 1.27 bits per heavy atom. The Bertz CT molecular complexity index is 614. The number of imidazole rings is 1. The molecule has 0 saturated heterocycles. The van der Waals surface area contributed by atoms with Gasteiger partial charge >= 0.3 is 5.82 Å². The van der Waals surface area contributed by atoms with E-state index in [1.165, 1.54) is 12.5 Å². The van der Waals surface area contributed by atoms with Crippen molar-refractivity contribution in [2.75, 3.05) is 0 Å². The lowest BCUT2D eigenvalue weighted by atomic mass is 10.2. The number of nitrogens with zero attached hydrogens (tertiary/aromatic N) is 3. The van der Waals surface area contributed by atoms with E-state index >= 15 is 0 Å². The molecule has 0 bridgehead atoms. The van der Waals surface area contributed by atoms with E-state index in [0.717, 1.165) is 11.3 Å². The molecule has 2 rings (SSSR count). The summed E-state index contributed by atoms with van der Waals surface area (Å²) in [5.74, 6) is 0.179. The fourth-order valence-electron chi connectivity index (χ4n) is 1.60. The van der Waals surface area contributed by atoms with Crippen LogP contribution in [0.5, 0.6) is 0 Å². The summed E-state index contributed by atoms with van der Waals surface area (Å²) in [5, 5.41) is 10.5. The number of Topliss-reactive ketones (excluding diaryl/α,β-unsaturated/α-hetero) is 1. The number of carbonyl (C=O) groups excluding carboxylic acids is 1. The molecular formula is C15H20N4O3. The molecule has 0 aliphatic rings. The molecule has 7 heteroatoms. The van der Waals surface area contributed by atoms with Crippen LogP contribution < -0.4 is 5.73 Å². The number of benzene rings is 1. The van der Waals surface area contributed by atoms with E-state index in [2.05, 4.69) is 4.98 Å². The smallest absolute Gasteiger partial charge is 0.358 e. The summed E-state index contributed by atoms with van der Waals surface area (Å²) in [5.41, 5.74) is 7.30. The topological polar surface area (TPSA) is 104 Å². The van der Waals surface area contributed by atoms with Gasteiger partial charge in [0.2, 0.25) is 6.33 Å². The quantitative estimate of drug-likeness (QED) is 0.675. The van der Waals surface area contributed by atoms with Crippen LogP contribution in [0.25, 0.3) is 5.69 Å². The molecule has 22 heavy (non-hydrogen) atoms. The molecular weight excluding hydrogens is 284 g/mol. The number of ketones is 1. The third kappa shape index (κ3) is 5.10. The van der Waals surface area contributed by atoms with Gasteiger partial charge in [-0.2, -0.15) is 0 Å². The van der Waals surface area contributed by atoms with Gasteiger partial charge in [-0.05, 0) is 27.6 Å². The van der Waals surface area contributed by atoms with Gasteiger partial charge < -0.3 is 15.8 Å². The van der Waals surface area contributed by atoms with E-state index in [1.54, 1.807) is 4.57 Å². The van der Waals surface area contributed by atoms with E-state index in [1.807, 2.05) is 38.1 Å². The first-order chi connectivity index (χ1) is 10.5. The van der Waals surface area contributed by atoms with Crippen molar-refractivity contribution in [2.24, 2.45) is 5.73 Å². The van der Waals surface area contributed by atoms with E-state index in [9.17, 15) is 14.9 Å². The minimum Gasteiger partial charge on any atom is -0.358 e. The van der Waals surface area contributed by atoms with E-state index in [4.69, 9.17) is 5.73 Å². The Hall–Kier alpha value is -2.54. The summed E-state index contributed by atoms with van der Waals surface area (Å²) in [6, 6.07) is 7.43. The summed E-state index contributed by atoms with van der Waals surface area (Å²) in [6.07, 6.45) is 4.17. The van der Waals surface area contributed by atoms with E-state index in [-0.39, 0.29) is 5.82 Å². The van der Waals surface area contributed by atoms with Crippen LogP contribution in [-0.4, -0.2) is 20.3 Å². The SMILES string of the molecule is CCC(=O)CC.NCc1ccc(-n2cnc([N+](=O)[O-])c2)cc1. The Labute approximate surface area is 128 Å². The van der Waals surface area contributed by atoms with Crippen LogP contribution in [0, 0.1) is 10.1 Å². The van der Waals surface area contributed by atoms with Crippen LogP contribution in [0.3, 0.4) is 0 Å². The summed E-state index contributed by atoms with van der Waals surface area (Å²) in [7, 11) is 0. The third-order valence-corrected chi connectivity index (χ3v) is 3.01. The van der Waals surface area contributed by atoms with Gasteiger partial charge in [-0.15, -0.1) is 0 Å². The molecule has 0 radical (unpaired) electrons. The minimum atomic E-state index is -0.523. The van der Waals surface area contributed by atoms with Crippen molar-refractivity contribution in [1.82, 2.24) is 9.55 Å². The number of nitrogens with two attached hydrogens (primary N) is 1. The van der Waals surface area contributed by atoms with Crippen LogP contribution in [0.1, 0.15) is 32.3 Å². The highest BCUT2D eigenvalue weighted by Crippen LogP contribution is 2.13. The highest BCUT2D eigenvalue weighted by molar-refractivity contribution is 5.77. The van der Waals surface area contributed by atoms with E-state index < -0.39 is 4.92 Å². The predicted octanol–water partition coefficient (Wildman–Crippen LogP) is 2.61. The van der Waals surface area contributed by atoms with Gasteiger partial charge in [0.25, 0.3) is 0 Å². The van der Waals surface area contributed by atoms with Crippen LogP contribution in [-0.2, 0) is 11.3 Å². The van der Waals surface area contributed by atoms with Crippen molar-refractivity contribution in [1.29, 1.82) is 0 Å². The number of carbonyl (C=O) groups is 1.